The molecule has 2 saturated carbocycles. The number of nitrogens with zero attached hydrogens (tertiary/aromatic N) is 5. The molecule has 4 heterocycles. The summed E-state index contributed by atoms with van der Waals surface area (Å²) in [5.41, 5.74) is 1.18. The summed E-state index contributed by atoms with van der Waals surface area (Å²) in [5.74, 6) is 8.16. The van der Waals surface area contributed by atoms with E-state index in [9.17, 15) is 5.11 Å². The molecule has 2 aliphatic carbocycles. The third-order valence-electron chi connectivity index (χ3n) is 7.43. The minimum atomic E-state index is -0.908. The zero-order valence-electron chi connectivity index (χ0n) is 18.3. The predicted octanol–water partition coefficient (Wildman–Crippen LogP) is 2.81. The van der Waals surface area contributed by atoms with Gasteiger partial charge in [-0.1, -0.05) is 11.8 Å². The van der Waals surface area contributed by atoms with Crippen molar-refractivity contribution in [1.82, 2.24) is 25.0 Å². The summed E-state index contributed by atoms with van der Waals surface area (Å²) in [7, 11) is 0. The van der Waals surface area contributed by atoms with Crippen LogP contribution in [0.15, 0.2) is 24.5 Å². The first-order chi connectivity index (χ1) is 15.5. The van der Waals surface area contributed by atoms with Crippen LogP contribution in [0.2, 0.25) is 0 Å². The molecule has 6 rings (SSSR count). The number of morpholine rings is 1. The summed E-state index contributed by atoms with van der Waals surface area (Å²) in [6.07, 6.45) is 9.80. The van der Waals surface area contributed by atoms with Crippen LogP contribution in [-0.2, 0) is 4.74 Å². The minimum absolute atomic E-state index is 0.218. The average Bonchev–Trinajstić information content (AvgIpc) is 3.17. The third kappa shape index (κ3) is 3.46. The summed E-state index contributed by atoms with van der Waals surface area (Å²) in [5, 5.41) is 23.6. The fourth-order valence-electron chi connectivity index (χ4n) is 5.03. The lowest BCUT2D eigenvalue weighted by atomic mass is 9.77. The Kier molecular flexibility index (Phi) is 4.52. The van der Waals surface area contributed by atoms with Crippen LogP contribution in [0, 0.1) is 17.3 Å². The van der Waals surface area contributed by atoms with E-state index in [0.717, 1.165) is 60.5 Å². The second kappa shape index (κ2) is 7.32. The molecule has 3 aromatic rings. The highest BCUT2D eigenvalue weighted by atomic mass is 16.5. The molecule has 0 radical (unpaired) electrons. The molecular weight excluding hydrogens is 404 g/mol. The molecule has 1 atom stereocenters. The number of anilines is 1. The van der Waals surface area contributed by atoms with Crippen LogP contribution in [0.5, 0.6) is 0 Å². The number of nitrogens with one attached hydrogen (secondary N) is 1. The molecule has 0 unspecified atom stereocenters. The quantitative estimate of drug-likeness (QED) is 0.605. The first-order valence-electron chi connectivity index (χ1n) is 11.5. The number of aliphatic hydroxyl groups is 1. The van der Waals surface area contributed by atoms with Crippen molar-refractivity contribution in [3.8, 4) is 17.7 Å². The van der Waals surface area contributed by atoms with Gasteiger partial charge in [0.1, 0.15) is 11.4 Å². The molecule has 0 aromatic carbocycles. The Morgan fingerprint density at radius 1 is 1.22 bits per heavy atom. The molecule has 1 saturated heterocycles. The van der Waals surface area contributed by atoms with E-state index in [0.29, 0.717) is 18.6 Å². The van der Waals surface area contributed by atoms with E-state index < -0.39 is 5.60 Å². The van der Waals surface area contributed by atoms with Gasteiger partial charge in [-0.15, -0.1) is 0 Å². The van der Waals surface area contributed by atoms with E-state index in [1.807, 2.05) is 12.1 Å². The predicted molar refractivity (Wildman–Crippen MR) is 121 cm³/mol. The zero-order valence-corrected chi connectivity index (χ0v) is 18.3. The number of hydrogen-bond acceptors (Lipinski definition) is 6. The highest BCUT2D eigenvalue weighted by molar-refractivity contribution is 5.85. The van der Waals surface area contributed by atoms with Crippen LogP contribution in [-0.4, -0.2) is 61.5 Å². The number of aromatic nitrogens is 5. The highest BCUT2D eigenvalue weighted by Gasteiger charge is 2.48. The van der Waals surface area contributed by atoms with Gasteiger partial charge in [0, 0.05) is 18.2 Å². The van der Waals surface area contributed by atoms with Crippen molar-refractivity contribution in [2.45, 2.75) is 57.1 Å². The fourth-order valence-corrected chi connectivity index (χ4v) is 5.03. The molecule has 166 valence electrons. The summed E-state index contributed by atoms with van der Waals surface area (Å²) in [4.78, 5) is 7.21. The molecule has 3 fully saturated rings. The van der Waals surface area contributed by atoms with Crippen LogP contribution in [0.3, 0.4) is 0 Å². The number of rotatable bonds is 2. The standard InChI is InChI=1S/C24H28N6O2/c1-17-16-32-13-12-29(17)21-14-18(2-4-24(31)9-7-23(5-6-23)8-10-24)19-15-26-30(22(19)27-21)20-3-11-25-28-20/h3,11,14-15,17,31H,5-10,12-13,16H2,1H3,(H,25,28)/t17-/m1/s1. The Morgan fingerprint density at radius 3 is 2.75 bits per heavy atom. The Morgan fingerprint density at radius 2 is 2.03 bits per heavy atom. The van der Waals surface area contributed by atoms with Crippen LogP contribution >= 0.6 is 0 Å². The molecule has 32 heavy (non-hydrogen) atoms. The summed E-state index contributed by atoms with van der Waals surface area (Å²) >= 11 is 0. The SMILES string of the molecule is C[C@@H]1COCCN1c1cc(C#CC2(O)CCC3(CC2)CC3)c2cnn(-c3ccn[nH]3)c2n1. The van der Waals surface area contributed by atoms with Gasteiger partial charge in [-0.05, 0) is 56.9 Å². The molecule has 0 amide bonds. The monoisotopic (exact) mass is 432 g/mol. The van der Waals surface area contributed by atoms with Gasteiger partial charge in [0.2, 0.25) is 0 Å². The lowest BCUT2D eigenvalue weighted by Crippen LogP contribution is -2.44. The van der Waals surface area contributed by atoms with Crippen molar-refractivity contribution < 1.29 is 9.84 Å². The lowest BCUT2D eigenvalue weighted by molar-refractivity contribution is 0.0390. The molecule has 1 spiro atoms. The van der Waals surface area contributed by atoms with E-state index in [1.54, 1.807) is 17.1 Å². The first kappa shape index (κ1) is 19.8. The summed E-state index contributed by atoms with van der Waals surface area (Å²) in [6.45, 7) is 4.26. The van der Waals surface area contributed by atoms with Crippen molar-refractivity contribution in [3.63, 3.8) is 0 Å². The van der Waals surface area contributed by atoms with E-state index in [1.165, 1.54) is 12.8 Å². The molecule has 2 N–H and O–H groups in total. The van der Waals surface area contributed by atoms with Gasteiger partial charge in [-0.3, -0.25) is 5.10 Å². The smallest absolute Gasteiger partial charge is 0.168 e. The Hall–Kier alpha value is -2.89. The molecule has 3 aliphatic rings. The Bertz CT molecular complexity index is 1190. The van der Waals surface area contributed by atoms with Gasteiger partial charge in [0.05, 0.1) is 37.0 Å². The van der Waals surface area contributed by atoms with Crippen LogP contribution in [0.25, 0.3) is 16.9 Å². The number of hydrogen-bond donors (Lipinski definition) is 2. The number of ether oxygens (including phenoxy) is 1. The minimum Gasteiger partial charge on any atom is -0.378 e. The van der Waals surface area contributed by atoms with Gasteiger partial charge < -0.3 is 14.7 Å². The second-order valence-electron chi connectivity index (χ2n) is 9.66. The molecule has 3 aromatic heterocycles. The maximum atomic E-state index is 11.1. The second-order valence-corrected chi connectivity index (χ2v) is 9.66. The maximum absolute atomic E-state index is 11.1. The average molecular weight is 433 g/mol. The molecule has 8 nitrogen and oxygen atoms in total. The number of aromatic amines is 1. The van der Waals surface area contributed by atoms with Gasteiger partial charge in [-0.2, -0.15) is 14.9 Å². The van der Waals surface area contributed by atoms with Crippen molar-refractivity contribution >= 4 is 16.9 Å². The summed E-state index contributed by atoms with van der Waals surface area (Å²) in [6, 6.07) is 4.11. The first-order valence-corrected chi connectivity index (χ1v) is 11.5. The van der Waals surface area contributed by atoms with Gasteiger partial charge >= 0.3 is 0 Å². The number of H-pyrrole nitrogens is 1. The van der Waals surface area contributed by atoms with Crippen molar-refractivity contribution in [2.75, 3.05) is 24.7 Å². The summed E-state index contributed by atoms with van der Waals surface area (Å²) < 4.78 is 7.38. The zero-order chi connectivity index (χ0) is 21.8. The molecule has 0 bridgehead atoms. The van der Waals surface area contributed by atoms with E-state index in [-0.39, 0.29) is 6.04 Å². The van der Waals surface area contributed by atoms with Crippen LogP contribution in [0.1, 0.15) is 51.0 Å². The van der Waals surface area contributed by atoms with Gasteiger partial charge in [0.25, 0.3) is 0 Å². The molecule has 8 heteroatoms. The third-order valence-corrected chi connectivity index (χ3v) is 7.43. The van der Waals surface area contributed by atoms with Gasteiger partial charge in [0.15, 0.2) is 11.5 Å². The van der Waals surface area contributed by atoms with Gasteiger partial charge in [-0.25, -0.2) is 4.98 Å². The molecule has 1 aliphatic heterocycles. The Balaban J connectivity index is 1.42. The van der Waals surface area contributed by atoms with Crippen molar-refractivity contribution in [3.05, 3.63) is 30.1 Å². The Labute approximate surface area is 187 Å². The normalized spacial score (nSPS) is 23.8. The maximum Gasteiger partial charge on any atom is 0.168 e. The molecular formula is C24H28N6O2. The number of fused-ring (bicyclic) bond motifs is 1. The van der Waals surface area contributed by atoms with E-state index >= 15 is 0 Å². The topological polar surface area (TPSA) is 92.1 Å². The van der Waals surface area contributed by atoms with E-state index in [2.05, 4.69) is 39.0 Å². The largest absolute Gasteiger partial charge is 0.378 e. The lowest BCUT2D eigenvalue weighted by Gasteiger charge is -2.34. The van der Waals surface area contributed by atoms with Crippen molar-refractivity contribution in [1.29, 1.82) is 0 Å². The fraction of sp³-hybridized carbons (Fsp3) is 0.542. The van der Waals surface area contributed by atoms with Crippen molar-refractivity contribution in [2.24, 2.45) is 5.41 Å². The number of pyridine rings is 1. The van der Waals surface area contributed by atoms with Crippen LogP contribution < -0.4 is 4.90 Å². The van der Waals surface area contributed by atoms with E-state index in [4.69, 9.17) is 9.72 Å². The highest BCUT2D eigenvalue weighted by Crippen LogP contribution is 2.57. The van der Waals surface area contributed by atoms with Crippen LogP contribution in [0.4, 0.5) is 5.82 Å².